The van der Waals surface area contributed by atoms with E-state index in [1.807, 2.05) is 0 Å². The summed E-state index contributed by atoms with van der Waals surface area (Å²) < 4.78 is 5.25. The maximum atomic E-state index is 12.7. The minimum atomic E-state index is -0.112. The highest BCUT2D eigenvalue weighted by Gasteiger charge is 2.58. The minimum absolute atomic E-state index is 0.0181. The van der Waals surface area contributed by atoms with Crippen LogP contribution in [0.25, 0.3) is 0 Å². The molecule has 28 heavy (non-hydrogen) atoms. The van der Waals surface area contributed by atoms with Crippen LogP contribution >= 0.6 is 0 Å². The van der Waals surface area contributed by atoms with Crippen LogP contribution in [-0.4, -0.2) is 63.1 Å². The van der Waals surface area contributed by atoms with Crippen molar-refractivity contribution in [3.8, 4) is 0 Å². The van der Waals surface area contributed by atoms with Gasteiger partial charge in [0, 0.05) is 40.4 Å². The Morgan fingerprint density at radius 1 is 1.21 bits per heavy atom. The van der Waals surface area contributed by atoms with Crippen LogP contribution in [0.3, 0.4) is 0 Å². The summed E-state index contributed by atoms with van der Waals surface area (Å²) in [6, 6.07) is 0. The van der Waals surface area contributed by atoms with E-state index in [0.29, 0.717) is 18.5 Å². The van der Waals surface area contributed by atoms with Crippen molar-refractivity contribution in [3.63, 3.8) is 0 Å². The Labute approximate surface area is 167 Å². The molecule has 2 amide bonds. The maximum absolute atomic E-state index is 12.7. The molecular weight excluding hydrogens is 356 g/mol. The van der Waals surface area contributed by atoms with Crippen LogP contribution in [0.2, 0.25) is 0 Å². The minimum Gasteiger partial charge on any atom is -0.385 e. The van der Waals surface area contributed by atoms with Crippen LogP contribution in [0.5, 0.6) is 0 Å². The van der Waals surface area contributed by atoms with Crippen LogP contribution in [0.15, 0.2) is 17.1 Å². The lowest BCUT2D eigenvalue weighted by Gasteiger charge is -2.42. The predicted octanol–water partition coefficient (Wildman–Crippen LogP) is 1.17. The lowest BCUT2D eigenvalue weighted by atomic mass is 9.67. The first-order chi connectivity index (χ1) is 13.6. The van der Waals surface area contributed by atoms with E-state index in [2.05, 4.69) is 27.8 Å². The molecule has 0 radical (unpaired) electrons. The first-order valence-electron chi connectivity index (χ1n) is 10.6. The third kappa shape index (κ3) is 3.34. The van der Waals surface area contributed by atoms with Gasteiger partial charge >= 0.3 is 0 Å². The van der Waals surface area contributed by atoms with Crippen LogP contribution in [-0.2, 0) is 14.3 Å². The molecule has 1 saturated heterocycles. The summed E-state index contributed by atoms with van der Waals surface area (Å²) in [4.78, 5) is 31.2. The summed E-state index contributed by atoms with van der Waals surface area (Å²) >= 11 is 0. The number of nitrogens with one attached hydrogen (secondary N) is 2. The van der Waals surface area contributed by atoms with Gasteiger partial charge in [0.25, 0.3) is 0 Å². The van der Waals surface area contributed by atoms with Gasteiger partial charge in [0.2, 0.25) is 11.8 Å². The Bertz CT molecular complexity index is 655. The summed E-state index contributed by atoms with van der Waals surface area (Å²) in [7, 11) is 3.49. The van der Waals surface area contributed by atoms with E-state index < -0.39 is 0 Å². The summed E-state index contributed by atoms with van der Waals surface area (Å²) in [6.07, 6.45) is 10.0. The van der Waals surface area contributed by atoms with Crippen molar-refractivity contribution in [2.24, 2.45) is 34.1 Å². The number of aliphatic imine (C=N–C) groups is 1. The highest BCUT2D eigenvalue weighted by atomic mass is 16.5. The molecule has 4 atom stereocenters. The second-order valence-corrected chi connectivity index (χ2v) is 8.78. The lowest BCUT2D eigenvalue weighted by Crippen LogP contribution is -2.48. The fourth-order valence-electron chi connectivity index (χ4n) is 5.47. The first-order valence-corrected chi connectivity index (χ1v) is 10.6. The number of imide groups is 1. The largest absolute Gasteiger partial charge is 0.385 e. The molecule has 4 rings (SSSR count). The molecule has 154 valence electrons. The number of nitrogens with zero attached hydrogens (tertiary/aromatic N) is 2. The van der Waals surface area contributed by atoms with Gasteiger partial charge in [-0.1, -0.05) is 18.6 Å². The molecule has 4 aliphatic rings. The molecule has 2 saturated carbocycles. The summed E-state index contributed by atoms with van der Waals surface area (Å²) in [5, 5.41) is 6.68. The van der Waals surface area contributed by atoms with Gasteiger partial charge in [0.15, 0.2) is 5.96 Å². The van der Waals surface area contributed by atoms with E-state index in [1.165, 1.54) is 24.2 Å². The molecule has 7 heteroatoms. The number of likely N-dealkylation sites (tertiary alicyclic amines) is 1. The molecule has 0 aromatic rings. The van der Waals surface area contributed by atoms with E-state index in [4.69, 9.17) is 4.74 Å². The van der Waals surface area contributed by atoms with Gasteiger partial charge in [0.05, 0.1) is 11.8 Å². The Balaban J connectivity index is 1.24. The molecule has 0 aromatic heterocycles. The van der Waals surface area contributed by atoms with Crippen molar-refractivity contribution >= 4 is 17.8 Å². The molecule has 1 heterocycles. The fourth-order valence-corrected chi connectivity index (χ4v) is 5.47. The van der Waals surface area contributed by atoms with E-state index in [9.17, 15) is 9.59 Å². The lowest BCUT2D eigenvalue weighted by molar-refractivity contribution is -0.140. The van der Waals surface area contributed by atoms with Gasteiger partial charge in [-0.15, -0.1) is 0 Å². The van der Waals surface area contributed by atoms with Crippen molar-refractivity contribution in [2.45, 2.75) is 32.1 Å². The maximum Gasteiger partial charge on any atom is 0.233 e. The molecule has 7 nitrogen and oxygen atoms in total. The van der Waals surface area contributed by atoms with Crippen molar-refractivity contribution in [1.29, 1.82) is 0 Å². The van der Waals surface area contributed by atoms with Gasteiger partial charge < -0.3 is 15.4 Å². The van der Waals surface area contributed by atoms with Crippen LogP contribution in [0.4, 0.5) is 0 Å². The Morgan fingerprint density at radius 2 is 1.89 bits per heavy atom. The SMILES string of the molecule is CN=C(NCCN1C(=O)C2C3C=CC(C3)C2C1=O)NCC1(CCOC)CCC1. The van der Waals surface area contributed by atoms with Crippen molar-refractivity contribution < 1.29 is 14.3 Å². The summed E-state index contributed by atoms with van der Waals surface area (Å²) in [5.74, 6) is 1.08. The third-order valence-corrected chi connectivity index (χ3v) is 7.29. The monoisotopic (exact) mass is 388 g/mol. The van der Waals surface area contributed by atoms with Crippen molar-refractivity contribution in [2.75, 3.05) is 40.4 Å². The number of amides is 2. The topological polar surface area (TPSA) is 83.0 Å². The zero-order valence-corrected chi connectivity index (χ0v) is 16.9. The molecule has 2 N–H and O–H groups in total. The fraction of sp³-hybridized carbons (Fsp3) is 0.762. The van der Waals surface area contributed by atoms with E-state index in [-0.39, 0.29) is 35.5 Å². The zero-order chi connectivity index (χ0) is 19.7. The number of allylic oxidation sites excluding steroid dienone is 2. The number of hydrogen-bond acceptors (Lipinski definition) is 4. The van der Waals surface area contributed by atoms with E-state index in [0.717, 1.165) is 32.0 Å². The number of methoxy groups -OCH3 is 1. The first kappa shape index (κ1) is 19.4. The molecule has 4 unspecified atom stereocenters. The van der Waals surface area contributed by atoms with Crippen molar-refractivity contribution in [3.05, 3.63) is 12.2 Å². The molecule has 3 fully saturated rings. The Kier molecular flexibility index (Phi) is 5.45. The second kappa shape index (κ2) is 7.85. The highest BCUT2D eigenvalue weighted by Crippen LogP contribution is 2.52. The quantitative estimate of drug-likeness (QED) is 0.282. The number of hydrogen-bond donors (Lipinski definition) is 2. The number of rotatable bonds is 8. The normalized spacial score (nSPS) is 32.6. The average Bonchev–Trinajstić information content (AvgIpc) is 3.34. The highest BCUT2D eigenvalue weighted by molar-refractivity contribution is 6.06. The van der Waals surface area contributed by atoms with Gasteiger partial charge in [-0.25, -0.2) is 0 Å². The van der Waals surface area contributed by atoms with Crippen molar-refractivity contribution in [1.82, 2.24) is 15.5 Å². The number of fused-ring (bicyclic) bond motifs is 5. The van der Waals surface area contributed by atoms with Gasteiger partial charge in [0.1, 0.15) is 0 Å². The molecular formula is C21H32N4O3. The standard InChI is InChI=1S/C21H32N4O3/c1-22-20(24-13-21(6-3-7-21)8-11-28-2)23-9-10-25-18(26)16-14-4-5-15(12-14)17(16)19(25)27/h4-5,14-17H,3,6-13H2,1-2H3,(H2,22,23,24). The molecule has 3 aliphatic carbocycles. The van der Waals surface area contributed by atoms with Gasteiger partial charge in [-0.05, 0) is 42.9 Å². The number of carbonyl (C=O) groups excluding carboxylic acids is 2. The third-order valence-electron chi connectivity index (χ3n) is 7.29. The smallest absolute Gasteiger partial charge is 0.233 e. The van der Waals surface area contributed by atoms with Crippen LogP contribution < -0.4 is 10.6 Å². The van der Waals surface area contributed by atoms with E-state index in [1.54, 1.807) is 14.2 Å². The van der Waals surface area contributed by atoms with Gasteiger partial charge in [-0.3, -0.25) is 19.5 Å². The van der Waals surface area contributed by atoms with Crippen LogP contribution in [0, 0.1) is 29.1 Å². The summed E-state index contributed by atoms with van der Waals surface area (Å²) in [6.45, 7) is 2.58. The predicted molar refractivity (Wildman–Crippen MR) is 107 cm³/mol. The Hall–Kier alpha value is -1.89. The summed E-state index contributed by atoms with van der Waals surface area (Å²) in [5.41, 5.74) is 0.304. The molecule has 2 bridgehead atoms. The second-order valence-electron chi connectivity index (χ2n) is 8.78. The van der Waals surface area contributed by atoms with Gasteiger partial charge in [-0.2, -0.15) is 0 Å². The Morgan fingerprint density at radius 3 is 2.43 bits per heavy atom. The van der Waals surface area contributed by atoms with E-state index >= 15 is 0 Å². The zero-order valence-electron chi connectivity index (χ0n) is 16.9. The molecule has 1 aliphatic heterocycles. The molecule has 0 aromatic carbocycles. The number of ether oxygens (including phenoxy) is 1. The average molecular weight is 389 g/mol. The van der Waals surface area contributed by atoms with Crippen LogP contribution in [0.1, 0.15) is 32.1 Å². The molecule has 0 spiro atoms. The number of carbonyl (C=O) groups is 2. The number of guanidine groups is 1.